The Morgan fingerprint density at radius 3 is 2.39 bits per heavy atom. The molecule has 0 saturated heterocycles. The van der Waals surface area contributed by atoms with Gasteiger partial charge in [0.05, 0.1) is 16.9 Å². The number of ether oxygens (including phenoxy) is 1. The number of carbonyl (C=O) groups is 2. The lowest BCUT2D eigenvalue weighted by molar-refractivity contribution is -0.119. The maximum absolute atomic E-state index is 12.5. The van der Waals surface area contributed by atoms with E-state index in [1.54, 1.807) is 23.0 Å². The first-order valence-corrected chi connectivity index (χ1v) is 10.2. The summed E-state index contributed by atoms with van der Waals surface area (Å²) in [7, 11) is 0. The maximum Gasteiger partial charge on any atom is 0.340 e. The van der Waals surface area contributed by atoms with E-state index in [0.717, 1.165) is 11.3 Å². The summed E-state index contributed by atoms with van der Waals surface area (Å²) < 4.78 is 7.40. The number of esters is 1. The number of amides is 1. The van der Waals surface area contributed by atoms with Crippen LogP contribution in [0.3, 0.4) is 0 Å². The van der Waals surface area contributed by atoms with E-state index in [0.29, 0.717) is 16.0 Å². The second-order valence-corrected chi connectivity index (χ2v) is 7.46. The number of nitrogens with zero attached hydrogens (tertiary/aromatic N) is 3. The fraction of sp³-hybridized carbons (Fsp3) is 0.0435. The highest BCUT2D eigenvalue weighted by Crippen LogP contribution is 2.24. The highest BCUT2D eigenvalue weighted by Gasteiger charge is 2.16. The number of aromatic nitrogens is 3. The first-order valence-electron chi connectivity index (χ1n) is 9.38. The molecule has 31 heavy (non-hydrogen) atoms. The highest BCUT2D eigenvalue weighted by atomic mass is 79.9. The van der Waals surface area contributed by atoms with Crippen molar-refractivity contribution in [2.75, 3.05) is 11.9 Å². The number of hydrogen-bond donors (Lipinski definition) is 1. The van der Waals surface area contributed by atoms with E-state index in [4.69, 9.17) is 4.74 Å². The molecular weight excluding hydrogens is 460 g/mol. The van der Waals surface area contributed by atoms with Crippen LogP contribution in [-0.2, 0) is 9.53 Å². The van der Waals surface area contributed by atoms with Gasteiger partial charge in [0, 0.05) is 28.5 Å². The van der Waals surface area contributed by atoms with Crippen LogP contribution in [0, 0.1) is 0 Å². The molecule has 0 fully saturated rings. The Morgan fingerprint density at radius 2 is 1.68 bits per heavy atom. The molecule has 0 unspecified atom stereocenters. The van der Waals surface area contributed by atoms with Crippen LogP contribution in [0.5, 0.6) is 0 Å². The Bertz CT molecular complexity index is 1210. The van der Waals surface area contributed by atoms with E-state index < -0.39 is 18.5 Å². The summed E-state index contributed by atoms with van der Waals surface area (Å²) in [6.45, 7) is -0.439. The number of rotatable bonds is 6. The third-order valence-electron chi connectivity index (χ3n) is 4.32. The second-order valence-electron chi connectivity index (χ2n) is 6.54. The molecule has 0 aliphatic rings. The van der Waals surface area contributed by atoms with Gasteiger partial charge in [-0.25, -0.2) is 9.48 Å². The molecule has 2 aromatic carbocycles. The van der Waals surface area contributed by atoms with Crippen LogP contribution in [0.4, 0.5) is 5.82 Å². The summed E-state index contributed by atoms with van der Waals surface area (Å²) in [5, 5.41) is 7.41. The van der Waals surface area contributed by atoms with Gasteiger partial charge in [0.1, 0.15) is 5.82 Å². The first-order chi connectivity index (χ1) is 15.1. The fourth-order valence-corrected chi connectivity index (χ4v) is 3.27. The molecule has 1 N–H and O–H groups in total. The normalized spacial score (nSPS) is 10.5. The van der Waals surface area contributed by atoms with Crippen molar-refractivity contribution in [3.63, 3.8) is 0 Å². The molecule has 0 bridgehead atoms. The Hall–Kier alpha value is -3.78. The Balaban J connectivity index is 1.52. The predicted octanol–water partition coefficient (Wildman–Crippen LogP) is 4.49. The van der Waals surface area contributed by atoms with Crippen molar-refractivity contribution in [3.8, 4) is 16.9 Å². The fourth-order valence-electron chi connectivity index (χ4n) is 2.90. The SMILES string of the molecule is O=C(COC(=O)c1cncc(Br)c1)Nc1cc(-c2ccccc2)nn1-c1ccccc1. The zero-order valence-electron chi connectivity index (χ0n) is 16.2. The van der Waals surface area contributed by atoms with Gasteiger partial charge in [0.2, 0.25) is 0 Å². The summed E-state index contributed by atoms with van der Waals surface area (Å²) in [6.07, 6.45) is 2.93. The van der Waals surface area contributed by atoms with Crippen LogP contribution in [0.1, 0.15) is 10.4 Å². The van der Waals surface area contributed by atoms with Crippen molar-refractivity contribution >= 4 is 33.6 Å². The molecule has 2 heterocycles. The highest BCUT2D eigenvalue weighted by molar-refractivity contribution is 9.10. The molecule has 7 nitrogen and oxygen atoms in total. The minimum atomic E-state index is -0.634. The molecule has 0 saturated carbocycles. The van der Waals surface area contributed by atoms with Crippen molar-refractivity contribution in [3.05, 3.63) is 95.2 Å². The number of halogens is 1. The number of para-hydroxylation sites is 1. The zero-order valence-corrected chi connectivity index (χ0v) is 17.8. The molecule has 0 radical (unpaired) electrons. The Morgan fingerprint density at radius 1 is 0.968 bits per heavy atom. The molecule has 1 amide bonds. The average molecular weight is 477 g/mol. The van der Waals surface area contributed by atoms with Gasteiger partial charge in [-0.2, -0.15) is 5.10 Å². The molecule has 2 aromatic heterocycles. The van der Waals surface area contributed by atoms with E-state index in [-0.39, 0.29) is 5.56 Å². The number of anilines is 1. The van der Waals surface area contributed by atoms with Gasteiger partial charge in [-0.3, -0.25) is 9.78 Å². The predicted molar refractivity (Wildman–Crippen MR) is 120 cm³/mol. The topological polar surface area (TPSA) is 86.1 Å². The van der Waals surface area contributed by atoms with E-state index in [1.165, 1.54) is 6.20 Å². The smallest absolute Gasteiger partial charge is 0.340 e. The van der Waals surface area contributed by atoms with Crippen molar-refractivity contribution in [2.45, 2.75) is 0 Å². The van der Waals surface area contributed by atoms with Crippen molar-refractivity contribution in [2.24, 2.45) is 0 Å². The van der Waals surface area contributed by atoms with Crippen molar-refractivity contribution < 1.29 is 14.3 Å². The summed E-state index contributed by atoms with van der Waals surface area (Å²) in [6, 6.07) is 22.5. The average Bonchev–Trinajstić information content (AvgIpc) is 3.22. The molecule has 0 aliphatic carbocycles. The lowest BCUT2D eigenvalue weighted by Gasteiger charge is -2.09. The lowest BCUT2D eigenvalue weighted by atomic mass is 10.2. The minimum Gasteiger partial charge on any atom is -0.452 e. The molecule has 0 spiro atoms. The largest absolute Gasteiger partial charge is 0.452 e. The van der Waals surface area contributed by atoms with E-state index in [9.17, 15) is 9.59 Å². The van der Waals surface area contributed by atoms with Gasteiger partial charge in [-0.15, -0.1) is 0 Å². The maximum atomic E-state index is 12.5. The summed E-state index contributed by atoms with van der Waals surface area (Å²) in [4.78, 5) is 28.6. The van der Waals surface area contributed by atoms with E-state index >= 15 is 0 Å². The Kier molecular flexibility index (Phi) is 6.18. The molecule has 154 valence electrons. The van der Waals surface area contributed by atoms with Crippen LogP contribution in [0.25, 0.3) is 16.9 Å². The van der Waals surface area contributed by atoms with Gasteiger partial charge in [-0.05, 0) is 34.1 Å². The van der Waals surface area contributed by atoms with Crippen LogP contribution in [0.15, 0.2) is 89.7 Å². The van der Waals surface area contributed by atoms with Gasteiger partial charge in [0.15, 0.2) is 6.61 Å². The zero-order chi connectivity index (χ0) is 21.6. The third kappa shape index (κ3) is 5.04. The molecule has 4 rings (SSSR count). The summed E-state index contributed by atoms with van der Waals surface area (Å²) in [5.74, 6) is -0.645. The van der Waals surface area contributed by atoms with Gasteiger partial charge >= 0.3 is 5.97 Å². The molecule has 0 atom stereocenters. The number of benzene rings is 2. The molecule has 8 heteroatoms. The number of hydrogen-bond acceptors (Lipinski definition) is 5. The van der Waals surface area contributed by atoms with Crippen LogP contribution in [0.2, 0.25) is 0 Å². The molecule has 0 aliphatic heterocycles. The van der Waals surface area contributed by atoms with Crippen molar-refractivity contribution in [1.82, 2.24) is 14.8 Å². The molecule has 4 aromatic rings. The molecular formula is C23H17BrN4O3. The number of pyridine rings is 1. The standard InChI is InChI=1S/C23H17BrN4O3/c24-18-11-17(13-25-14-18)23(30)31-15-22(29)26-21-12-20(16-7-3-1-4-8-16)27-28(21)19-9-5-2-6-10-19/h1-14H,15H2,(H,26,29). The van der Waals surface area contributed by atoms with E-state index in [2.05, 4.69) is 31.3 Å². The monoisotopic (exact) mass is 476 g/mol. The minimum absolute atomic E-state index is 0.253. The number of carbonyl (C=O) groups excluding carboxylic acids is 2. The quantitative estimate of drug-likeness (QED) is 0.414. The van der Waals surface area contributed by atoms with E-state index in [1.807, 2.05) is 60.7 Å². The first kappa shape index (κ1) is 20.5. The van der Waals surface area contributed by atoms with Crippen molar-refractivity contribution in [1.29, 1.82) is 0 Å². The van der Waals surface area contributed by atoms with Crippen LogP contribution < -0.4 is 5.32 Å². The lowest BCUT2D eigenvalue weighted by Crippen LogP contribution is -2.22. The Labute approximate surface area is 186 Å². The number of nitrogens with one attached hydrogen (secondary N) is 1. The summed E-state index contributed by atoms with van der Waals surface area (Å²) in [5.41, 5.74) is 2.67. The second kappa shape index (κ2) is 9.36. The third-order valence-corrected chi connectivity index (χ3v) is 4.76. The van der Waals surface area contributed by atoms with Crippen LogP contribution >= 0.6 is 15.9 Å². The summed E-state index contributed by atoms with van der Waals surface area (Å²) >= 11 is 3.25. The van der Waals surface area contributed by atoms with Gasteiger partial charge in [0.25, 0.3) is 5.91 Å². The van der Waals surface area contributed by atoms with Crippen LogP contribution in [-0.4, -0.2) is 33.2 Å². The van der Waals surface area contributed by atoms with Gasteiger partial charge < -0.3 is 10.1 Å². The van der Waals surface area contributed by atoms with Gasteiger partial charge in [-0.1, -0.05) is 48.5 Å².